The van der Waals surface area contributed by atoms with E-state index in [9.17, 15) is 29.6 Å². The van der Waals surface area contributed by atoms with Crippen molar-refractivity contribution in [3.05, 3.63) is 12.2 Å². The van der Waals surface area contributed by atoms with Gasteiger partial charge in [-0.1, -0.05) is 103 Å². The van der Waals surface area contributed by atoms with E-state index in [-0.39, 0.29) is 30.5 Å². The fourth-order valence-corrected chi connectivity index (χ4v) is 7.45. The van der Waals surface area contributed by atoms with E-state index in [4.69, 9.17) is 9.26 Å². The van der Waals surface area contributed by atoms with Gasteiger partial charge in [-0.2, -0.15) is 0 Å². The molecule has 0 heterocycles. The second-order valence-electron chi connectivity index (χ2n) is 13.0. The Kier molecular flexibility index (Phi) is 26.8. The van der Waals surface area contributed by atoms with Crippen molar-refractivity contribution in [1.29, 1.82) is 0 Å². The Morgan fingerprint density at radius 2 is 1.23 bits per heavy atom. The molecule has 3 atom stereocenters. The Bertz CT molecular complexity index is 762. The molecule has 0 aromatic heterocycles. The monoisotopic (exact) mass is 650 g/mol. The Labute approximate surface area is 269 Å². The Morgan fingerprint density at radius 3 is 1.73 bits per heavy atom. The van der Waals surface area contributed by atoms with Crippen LogP contribution in [0, 0.1) is 0 Å². The van der Waals surface area contributed by atoms with Gasteiger partial charge in [0.05, 0.1) is 27.2 Å². The molecule has 0 saturated carbocycles. The number of nitrogens with zero attached hydrogens (tertiary/aromatic N) is 1. The van der Waals surface area contributed by atoms with Gasteiger partial charge in [0, 0.05) is 19.3 Å². The highest BCUT2D eigenvalue weighted by Gasteiger charge is 2.44. The van der Waals surface area contributed by atoms with E-state index in [1.165, 1.54) is 77.0 Å². The molecule has 0 amide bonds. The molecule has 0 aliphatic heterocycles. The summed E-state index contributed by atoms with van der Waals surface area (Å²) in [5.74, 6) is -1.18. The first-order chi connectivity index (χ1) is 21.0. The van der Waals surface area contributed by atoms with Crippen molar-refractivity contribution in [2.45, 2.75) is 167 Å². The van der Waals surface area contributed by atoms with Crippen LogP contribution in [0.2, 0.25) is 0 Å². The lowest BCUT2D eigenvalue weighted by atomic mass is 10.1. The molecule has 10 heteroatoms. The fourth-order valence-electron chi connectivity index (χ4n) is 5.40. The predicted molar refractivity (Wildman–Crippen MR) is 179 cm³/mol. The van der Waals surface area contributed by atoms with Crippen LogP contribution in [0.1, 0.15) is 149 Å². The van der Waals surface area contributed by atoms with E-state index < -0.39 is 38.3 Å². The number of aliphatic hydroxyl groups is 3. The van der Waals surface area contributed by atoms with Crippen molar-refractivity contribution in [1.82, 2.24) is 0 Å². The minimum absolute atomic E-state index is 0.0584. The quantitative estimate of drug-likeness (QED) is 0.0151. The third-order valence-corrected chi connectivity index (χ3v) is 10.4. The topological polar surface area (TPSA) is 134 Å². The van der Waals surface area contributed by atoms with Gasteiger partial charge < -0.3 is 34.0 Å². The first-order valence-corrected chi connectivity index (χ1v) is 19.2. The van der Waals surface area contributed by atoms with Crippen LogP contribution in [0.25, 0.3) is 0 Å². The lowest BCUT2D eigenvalue weighted by Crippen LogP contribution is -2.50. The van der Waals surface area contributed by atoms with Crippen LogP contribution in [0.5, 0.6) is 0 Å². The minimum Gasteiger partial charge on any atom is -0.463 e. The summed E-state index contributed by atoms with van der Waals surface area (Å²) in [6.07, 6.45) is 24.4. The summed E-state index contributed by atoms with van der Waals surface area (Å²) in [6, 6.07) is 0. The summed E-state index contributed by atoms with van der Waals surface area (Å²) < 4.78 is 23.5. The largest absolute Gasteiger partial charge is 0.463 e. The molecule has 4 N–H and O–H groups in total. The molecule has 262 valence electrons. The number of hydrogen-bond acceptors (Lipinski definition) is 7. The van der Waals surface area contributed by atoms with Crippen LogP contribution in [0.15, 0.2) is 12.2 Å². The molecule has 0 aromatic rings. The number of rotatable bonds is 31. The smallest absolute Gasteiger partial charge is 0.385 e. The molecule has 0 aliphatic rings. The maximum Gasteiger partial charge on any atom is 0.385 e. The Morgan fingerprint density at radius 1 is 0.727 bits per heavy atom. The third-order valence-electron chi connectivity index (χ3n) is 8.23. The Hall–Kier alpha value is -0.800. The van der Waals surface area contributed by atoms with Crippen molar-refractivity contribution in [2.24, 2.45) is 0 Å². The molecule has 0 rings (SSSR count). The van der Waals surface area contributed by atoms with E-state index in [1.807, 2.05) is 6.92 Å². The normalized spacial score (nSPS) is 15.1. The number of aliphatic hydroxyl groups excluding tert-OH is 2. The summed E-state index contributed by atoms with van der Waals surface area (Å²) >= 11 is 0. The van der Waals surface area contributed by atoms with Gasteiger partial charge in [-0.15, -0.1) is 0 Å². The molecule has 0 fully saturated rings. The van der Waals surface area contributed by atoms with Crippen molar-refractivity contribution in [2.75, 3.05) is 33.9 Å². The van der Waals surface area contributed by atoms with Crippen molar-refractivity contribution < 1.29 is 43.3 Å². The van der Waals surface area contributed by atoms with E-state index in [2.05, 4.69) is 19.1 Å². The number of carbonyl (C=O) groups is 1. The summed E-state index contributed by atoms with van der Waals surface area (Å²) in [6.45, 7) is 3.70. The zero-order valence-electron chi connectivity index (χ0n) is 28.7. The second kappa shape index (κ2) is 27.3. The number of esters is 1. The molecule has 0 aliphatic carbocycles. The molecular weight excluding hydrogens is 581 g/mol. The average molecular weight is 651 g/mol. The predicted octanol–water partition coefficient (Wildman–Crippen LogP) is 7.59. The molecular formula is C34H69NO8P+. The van der Waals surface area contributed by atoms with Crippen LogP contribution in [0.3, 0.4) is 0 Å². The van der Waals surface area contributed by atoms with Crippen LogP contribution < -0.4 is 0 Å². The number of hydrogen-bond donors (Lipinski definition) is 4. The average Bonchev–Trinajstić information content (AvgIpc) is 2.97. The standard InChI is InChI=1S/C34H68NO8P/c1-5-7-8-9-10-11-12-13-14-15-16-17-18-19-20-21-22-23-24-26-34(39)42-29-31(36)30-43-44(40,41)32(25-6-2)35(3,4)28-27-33(37)38/h16-17,31-33,36-38H,5-15,18-30H2,1-4H3/p+1/b17-16-/t31-,32?/m1/s1. The number of carbonyl (C=O) groups excluding carboxylic acids is 1. The Balaban J connectivity index is 3.88. The van der Waals surface area contributed by atoms with Gasteiger partial charge in [-0.3, -0.25) is 9.36 Å². The summed E-state index contributed by atoms with van der Waals surface area (Å²) in [5.41, 5.74) is 0. The lowest BCUT2D eigenvalue weighted by molar-refractivity contribution is -0.904. The highest BCUT2D eigenvalue weighted by molar-refractivity contribution is 7.53. The number of unbranched alkanes of at least 4 members (excludes halogenated alkanes) is 15. The second-order valence-corrected chi connectivity index (χ2v) is 15.0. The molecule has 44 heavy (non-hydrogen) atoms. The molecule has 0 saturated heterocycles. The van der Waals surface area contributed by atoms with Gasteiger partial charge in [-0.25, -0.2) is 0 Å². The van der Waals surface area contributed by atoms with Gasteiger partial charge in [-0.05, 0) is 38.5 Å². The van der Waals surface area contributed by atoms with Gasteiger partial charge in [0.15, 0.2) is 12.1 Å². The fraction of sp³-hybridized carbons (Fsp3) is 0.912. The minimum atomic E-state index is -4.15. The maximum absolute atomic E-state index is 13.0. The molecule has 0 radical (unpaired) electrons. The van der Waals surface area contributed by atoms with E-state index in [0.717, 1.165) is 32.1 Å². The summed E-state index contributed by atoms with van der Waals surface area (Å²) in [5, 5.41) is 28.6. The summed E-state index contributed by atoms with van der Waals surface area (Å²) in [7, 11) is -0.665. The van der Waals surface area contributed by atoms with Crippen molar-refractivity contribution >= 4 is 13.6 Å². The highest BCUT2D eigenvalue weighted by atomic mass is 31.2. The zero-order chi connectivity index (χ0) is 33.1. The van der Waals surface area contributed by atoms with Gasteiger partial charge in [0.25, 0.3) is 0 Å². The maximum atomic E-state index is 13.0. The van der Waals surface area contributed by atoms with Crippen molar-refractivity contribution in [3.63, 3.8) is 0 Å². The zero-order valence-corrected chi connectivity index (χ0v) is 29.6. The molecule has 0 bridgehead atoms. The highest BCUT2D eigenvalue weighted by Crippen LogP contribution is 2.52. The van der Waals surface area contributed by atoms with E-state index >= 15 is 0 Å². The molecule has 2 unspecified atom stereocenters. The molecule has 0 spiro atoms. The third kappa shape index (κ3) is 24.4. The van der Waals surface area contributed by atoms with Gasteiger partial charge in [0.2, 0.25) is 0 Å². The summed E-state index contributed by atoms with van der Waals surface area (Å²) in [4.78, 5) is 22.7. The SMILES string of the molecule is CCCCCCCCCCC/C=C\CCCCCCCCC(=O)OC[C@@H](O)COP(=O)(O)C(CCC)[N+](C)(C)CCC(O)O. The van der Waals surface area contributed by atoms with Crippen LogP contribution >= 0.6 is 7.60 Å². The van der Waals surface area contributed by atoms with Gasteiger partial charge >= 0.3 is 13.6 Å². The van der Waals surface area contributed by atoms with Crippen molar-refractivity contribution in [3.8, 4) is 0 Å². The molecule has 9 nitrogen and oxygen atoms in total. The number of allylic oxidation sites excluding steroid dienone is 2. The first kappa shape index (κ1) is 43.2. The van der Waals surface area contributed by atoms with Gasteiger partial charge in [0.1, 0.15) is 12.7 Å². The lowest BCUT2D eigenvalue weighted by Gasteiger charge is -2.39. The number of quaternary nitrogens is 1. The molecule has 0 aromatic carbocycles. The van der Waals surface area contributed by atoms with E-state index in [1.54, 1.807) is 14.1 Å². The first-order valence-electron chi connectivity index (χ1n) is 17.6. The number of ether oxygens (including phenoxy) is 1. The van der Waals surface area contributed by atoms with Crippen LogP contribution in [-0.4, -0.2) is 82.7 Å². The van der Waals surface area contributed by atoms with Crippen LogP contribution in [-0.2, 0) is 18.6 Å². The van der Waals surface area contributed by atoms with Crippen LogP contribution in [0.4, 0.5) is 0 Å². The van der Waals surface area contributed by atoms with E-state index in [0.29, 0.717) is 12.8 Å².